The van der Waals surface area contributed by atoms with Gasteiger partial charge >= 0.3 is 0 Å². The predicted octanol–water partition coefficient (Wildman–Crippen LogP) is 3.98. The molecule has 3 aromatic rings. The maximum atomic E-state index is 12.3. The van der Waals surface area contributed by atoms with Gasteiger partial charge in [0, 0.05) is 0 Å². The number of anilines is 1. The summed E-state index contributed by atoms with van der Waals surface area (Å²) in [5, 5.41) is 8.29. The molecule has 0 aromatic heterocycles. The number of fused-ring (bicyclic) bond motifs is 1. The monoisotopic (exact) mass is 286 g/mol. The second-order valence-corrected chi connectivity index (χ2v) is 5.33. The minimum atomic E-state index is 0.00846. The first kappa shape index (κ1) is 12.8. The third kappa shape index (κ3) is 2.17. The lowest BCUT2D eigenvalue weighted by molar-refractivity contribution is -0.116. The van der Waals surface area contributed by atoms with Crippen LogP contribution in [0.15, 0.2) is 77.9 Å². The number of carbonyl (C=O) groups excluding carboxylic acids is 1. The van der Waals surface area contributed by atoms with E-state index in [4.69, 9.17) is 0 Å². The Hall–Kier alpha value is -2.94. The molecule has 0 spiro atoms. The van der Waals surface area contributed by atoms with E-state index >= 15 is 0 Å². The summed E-state index contributed by atoms with van der Waals surface area (Å²) in [5.41, 5.74) is 2.63. The molecule has 3 nitrogen and oxygen atoms in total. The molecule has 1 aliphatic rings. The Bertz CT molecular complexity index is 884. The molecule has 0 atom stereocenters. The quantitative estimate of drug-likeness (QED) is 0.701. The number of benzene rings is 3. The highest BCUT2D eigenvalue weighted by Crippen LogP contribution is 2.26. The molecule has 4 rings (SSSR count). The zero-order chi connectivity index (χ0) is 14.9. The highest BCUT2D eigenvalue weighted by atomic mass is 16.2. The average Bonchev–Trinajstić information content (AvgIpc) is 2.97. The van der Waals surface area contributed by atoms with E-state index in [2.05, 4.69) is 11.2 Å². The van der Waals surface area contributed by atoms with Gasteiger partial charge in [-0.25, -0.2) is 5.01 Å². The van der Waals surface area contributed by atoms with Gasteiger partial charge in [0.15, 0.2) is 0 Å². The van der Waals surface area contributed by atoms with Gasteiger partial charge < -0.3 is 0 Å². The van der Waals surface area contributed by atoms with Crippen LogP contribution in [0.2, 0.25) is 0 Å². The van der Waals surface area contributed by atoms with Crippen molar-refractivity contribution in [1.29, 1.82) is 0 Å². The van der Waals surface area contributed by atoms with E-state index in [1.54, 1.807) is 0 Å². The van der Waals surface area contributed by atoms with Gasteiger partial charge in [0.2, 0.25) is 0 Å². The van der Waals surface area contributed by atoms with E-state index in [-0.39, 0.29) is 5.91 Å². The molecule has 1 amide bonds. The van der Waals surface area contributed by atoms with Crippen LogP contribution in [0.4, 0.5) is 5.69 Å². The summed E-state index contributed by atoms with van der Waals surface area (Å²) >= 11 is 0. The fourth-order valence-corrected chi connectivity index (χ4v) is 2.73. The molecule has 0 unspecified atom stereocenters. The van der Waals surface area contributed by atoms with Crippen LogP contribution in [-0.2, 0) is 4.79 Å². The minimum absolute atomic E-state index is 0.00846. The standard InChI is InChI=1S/C19H14N2O/c22-19-13-18(15-7-2-1-3-8-15)20-21(19)17-11-10-14-6-4-5-9-16(14)12-17/h1-12H,13H2. The Morgan fingerprint density at radius 2 is 1.55 bits per heavy atom. The molecule has 3 heteroatoms. The Morgan fingerprint density at radius 3 is 2.36 bits per heavy atom. The molecule has 0 saturated carbocycles. The predicted molar refractivity (Wildman–Crippen MR) is 89.0 cm³/mol. The van der Waals surface area contributed by atoms with Gasteiger partial charge in [0.05, 0.1) is 17.8 Å². The SMILES string of the molecule is O=C1CC(c2ccccc2)=NN1c1ccc2ccccc2c1. The average molecular weight is 286 g/mol. The fraction of sp³-hybridized carbons (Fsp3) is 0.0526. The van der Waals surface area contributed by atoms with Crippen molar-refractivity contribution in [2.24, 2.45) is 5.10 Å². The summed E-state index contributed by atoms with van der Waals surface area (Å²) in [7, 11) is 0. The number of rotatable bonds is 2. The molecule has 0 aliphatic carbocycles. The van der Waals surface area contributed by atoms with Crippen molar-refractivity contribution in [3.05, 3.63) is 78.4 Å². The molecule has 0 N–H and O–H groups in total. The lowest BCUT2D eigenvalue weighted by Gasteiger charge is -2.12. The lowest BCUT2D eigenvalue weighted by Crippen LogP contribution is -2.19. The van der Waals surface area contributed by atoms with E-state index in [0.717, 1.165) is 27.7 Å². The lowest BCUT2D eigenvalue weighted by atomic mass is 10.1. The normalized spacial score (nSPS) is 14.5. The largest absolute Gasteiger partial charge is 0.272 e. The molecule has 0 bridgehead atoms. The molecule has 3 aromatic carbocycles. The molecule has 1 heterocycles. The van der Waals surface area contributed by atoms with Crippen LogP contribution in [0.1, 0.15) is 12.0 Å². The number of amides is 1. The van der Waals surface area contributed by atoms with Crippen LogP contribution in [0.5, 0.6) is 0 Å². The first-order chi connectivity index (χ1) is 10.8. The topological polar surface area (TPSA) is 32.7 Å². The first-order valence-corrected chi connectivity index (χ1v) is 7.26. The summed E-state index contributed by atoms with van der Waals surface area (Å²) in [6.45, 7) is 0. The second kappa shape index (κ2) is 5.11. The maximum Gasteiger partial charge on any atom is 0.253 e. The van der Waals surface area contributed by atoms with Crippen LogP contribution >= 0.6 is 0 Å². The van der Waals surface area contributed by atoms with Crippen molar-refractivity contribution in [3.63, 3.8) is 0 Å². The molecule has 0 radical (unpaired) electrons. The van der Waals surface area contributed by atoms with Gasteiger partial charge in [0.25, 0.3) is 5.91 Å². The highest BCUT2D eigenvalue weighted by molar-refractivity contribution is 6.19. The smallest absolute Gasteiger partial charge is 0.253 e. The molecule has 0 fully saturated rings. The zero-order valence-corrected chi connectivity index (χ0v) is 11.9. The number of hydrogen-bond donors (Lipinski definition) is 0. The van der Waals surface area contributed by atoms with Crippen molar-refractivity contribution in [2.75, 3.05) is 5.01 Å². The van der Waals surface area contributed by atoms with Crippen molar-refractivity contribution >= 4 is 28.1 Å². The van der Waals surface area contributed by atoms with Crippen molar-refractivity contribution in [3.8, 4) is 0 Å². The first-order valence-electron chi connectivity index (χ1n) is 7.26. The van der Waals surface area contributed by atoms with Crippen LogP contribution in [0.25, 0.3) is 10.8 Å². The molecular weight excluding hydrogens is 272 g/mol. The molecule has 1 aliphatic heterocycles. The van der Waals surface area contributed by atoms with Crippen LogP contribution in [0, 0.1) is 0 Å². The third-order valence-corrected chi connectivity index (χ3v) is 3.86. The van der Waals surface area contributed by atoms with E-state index < -0.39 is 0 Å². The van der Waals surface area contributed by atoms with Crippen LogP contribution in [-0.4, -0.2) is 11.6 Å². The van der Waals surface area contributed by atoms with Gasteiger partial charge in [-0.2, -0.15) is 5.10 Å². The molecular formula is C19H14N2O. The summed E-state index contributed by atoms with van der Waals surface area (Å²) in [6.07, 6.45) is 0.344. The van der Waals surface area contributed by atoms with Gasteiger partial charge in [-0.3, -0.25) is 4.79 Å². The summed E-state index contributed by atoms with van der Waals surface area (Å²) in [4.78, 5) is 12.3. The van der Waals surface area contributed by atoms with E-state index in [0.29, 0.717) is 6.42 Å². The summed E-state index contributed by atoms with van der Waals surface area (Å²) < 4.78 is 0. The Labute approximate surface area is 128 Å². The number of carbonyl (C=O) groups is 1. The Morgan fingerprint density at radius 1 is 0.818 bits per heavy atom. The minimum Gasteiger partial charge on any atom is -0.272 e. The second-order valence-electron chi connectivity index (χ2n) is 5.33. The number of hydrazone groups is 1. The Balaban J connectivity index is 1.74. The Kier molecular flexibility index (Phi) is 2.97. The van der Waals surface area contributed by atoms with E-state index in [1.165, 1.54) is 5.01 Å². The van der Waals surface area contributed by atoms with Crippen LogP contribution in [0.3, 0.4) is 0 Å². The number of hydrogen-bond acceptors (Lipinski definition) is 2. The molecule has 0 saturated heterocycles. The van der Waals surface area contributed by atoms with Gasteiger partial charge in [-0.05, 0) is 28.5 Å². The van der Waals surface area contributed by atoms with Crippen molar-refractivity contribution in [1.82, 2.24) is 0 Å². The van der Waals surface area contributed by atoms with Gasteiger partial charge in [-0.1, -0.05) is 60.7 Å². The third-order valence-electron chi connectivity index (χ3n) is 3.86. The molecule has 106 valence electrons. The van der Waals surface area contributed by atoms with Crippen LogP contribution < -0.4 is 5.01 Å². The summed E-state index contributed by atoms with van der Waals surface area (Å²) in [5.74, 6) is 0.00846. The maximum absolute atomic E-state index is 12.3. The van der Waals surface area contributed by atoms with Gasteiger partial charge in [-0.15, -0.1) is 0 Å². The van der Waals surface area contributed by atoms with Crippen molar-refractivity contribution in [2.45, 2.75) is 6.42 Å². The fourth-order valence-electron chi connectivity index (χ4n) is 2.73. The summed E-state index contributed by atoms with van der Waals surface area (Å²) in [6, 6.07) is 23.9. The molecule has 22 heavy (non-hydrogen) atoms. The zero-order valence-electron chi connectivity index (χ0n) is 11.9. The van der Waals surface area contributed by atoms with Gasteiger partial charge in [0.1, 0.15) is 0 Å². The van der Waals surface area contributed by atoms with E-state index in [1.807, 2.05) is 66.7 Å². The highest BCUT2D eigenvalue weighted by Gasteiger charge is 2.26. The van der Waals surface area contributed by atoms with E-state index in [9.17, 15) is 4.79 Å². The van der Waals surface area contributed by atoms with Crippen molar-refractivity contribution < 1.29 is 4.79 Å². The number of nitrogens with zero attached hydrogens (tertiary/aromatic N) is 2.